The van der Waals surface area contributed by atoms with Crippen molar-refractivity contribution in [2.75, 3.05) is 35.9 Å². The van der Waals surface area contributed by atoms with Gasteiger partial charge in [-0.3, -0.25) is 4.72 Å². The molecule has 3 rings (SSSR count). The lowest BCUT2D eigenvalue weighted by Gasteiger charge is -2.28. The van der Waals surface area contributed by atoms with Gasteiger partial charge in [0.15, 0.2) is 0 Å². The fraction of sp³-hybridized carbons (Fsp3) is 0.294. The van der Waals surface area contributed by atoms with Crippen molar-refractivity contribution in [3.05, 3.63) is 54.1 Å². The first-order valence-electron chi connectivity index (χ1n) is 7.57. The first-order valence-corrected chi connectivity index (χ1v) is 9.05. The average Bonchev–Trinajstić information content (AvgIpc) is 2.56. The maximum atomic E-state index is 12.4. The van der Waals surface area contributed by atoms with Crippen LogP contribution in [-0.2, 0) is 14.8 Å². The highest BCUT2D eigenvalue weighted by atomic mass is 32.2. The lowest BCUT2D eigenvalue weighted by Crippen LogP contribution is -2.36. The molecule has 122 valence electrons. The Morgan fingerprint density at radius 2 is 1.74 bits per heavy atom. The molecule has 1 saturated heterocycles. The van der Waals surface area contributed by atoms with Gasteiger partial charge < -0.3 is 9.64 Å². The van der Waals surface area contributed by atoms with E-state index < -0.39 is 10.0 Å². The van der Waals surface area contributed by atoms with Gasteiger partial charge in [-0.05, 0) is 48.9 Å². The molecule has 2 aromatic carbocycles. The van der Waals surface area contributed by atoms with E-state index in [4.69, 9.17) is 4.74 Å². The van der Waals surface area contributed by atoms with E-state index in [-0.39, 0.29) is 4.90 Å². The second-order valence-corrected chi connectivity index (χ2v) is 7.25. The van der Waals surface area contributed by atoms with E-state index in [1.54, 1.807) is 30.3 Å². The Bertz CT molecular complexity index is 767. The molecule has 2 aromatic rings. The van der Waals surface area contributed by atoms with E-state index in [1.807, 2.05) is 25.1 Å². The van der Waals surface area contributed by atoms with Crippen LogP contribution in [0.1, 0.15) is 5.56 Å². The Morgan fingerprint density at radius 3 is 2.39 bits per heavy atom. The second-order valence-electron chi connectivity index (χ2n) is 5.57. The Hall–Kier alpha value is -2.05. The predicted octanol–water partition coefficient (Wildman–Crippen LogP) is 2.63. The third kappa shape index (κ3) is 3.83. The molecule has 0 spiro atoms. The smallest absolute Gasteiger partial charge is 0.261 e. The molecule has 0 atom stereocenters. The Labute approximate surface area is 136 Å². The van der Waals surface area contributed by atoms with Crippen molar-refractivity contribution in [2.24, 2.45) is 0 Å². The van der Waals surface area contributed by atoms with Crippen LogP contribution in [0.4, 0.5) is 11.4 Å². The zero-order chi connectivity index (χ0) is 16.3. The molecule has 0 aliphatic carbocycles. The number of hydrogen-bond donors (Lipinski definition) is 1. The molecule has 1 aliphatic heterocycles. The molecule has 0 radical (unpaired) electrons. The van der Waals surface area contributed by atoms with Crippen molar-refractivity contribution in [1.29, 1.82) is 0 Å². The van der Waals surface area contributed by atoms with E-state index in [9.17, 15) is 8.42 Å². The number of ether oxygens (including phenoxy) is 1. The summed E-state index contributed by atoms with van der Waals surface area (Å²) in [5.74, 6) is 0. The van der Waals surface area contributed by atoms with Gasteiger partial charge in [-0.1, -0.05) is 12.1 Å². The largest absolute Gasteiger partial charge is 0.378 e. The highest BCUT2D eigenvalue weighted by molar-refractivity contribution is 7.92. The second kappa shape index (κ2) is 6.60. The summed E-state index contributed by atoms with van der Waals surface area (Å²) >= 11 is 0. The third-order valence-electron chi connectivity index (χ3n) is 3.80. The third-order valence-corrected chi connectivity index (χ3v) is 5.17. The Balaban J connectivity index is 1.75. The van der Waals surface area contributed by atoms with E-state index >= 15 is 0 Å². The molecule has 0 amide bonds. The van der Waals surface area contributed by atoms with Gasteiger partial charge in [-0.25, -0.2) is 8.42 Å². The summed E-state index contributed by atoms with van der Waals surface area (Å²) in [6.07, 6.45) is 0. The number of aryl methyl sites for hydroxylation is 1. The molecular weight excluding hydrogens is 312 g/mol. The summed E-state index contributed by atoms with van der Waals surface area (Å²) in [4.78, 5) is 2.50. The van der Waals surface area contributed by atoms with Crippen molar-refractivity contribution in [2.45, 2.75) is 11.8 Å². The summed E-state index contributed by atoms with van der Waals surface area (Å²) in [7, 11) is -3.56. The molecule has 1 aliphatic rings. The SMILES string of the molecule is Cc1cccc(S(=O)(=O)Nc2ccc(N3CCOCC3)cc2)c1. The maximum Gasteiger partial charge on any atom is 0.261 e. The van der Waals surface area contributed by atoms with Crippen LogP contribution in [0.2, 0.25) is 0 Å². The van der Waals surface area contributed by atoms with Crippen LogP contribution in [0.3, 0.4) is 0 Å². The Morgan fingerprint density at radius 1 is 1.04 bits per heavy atom. The first kappa shape index (κ1) is 15.8. The van der Waals surface area contributed by atoms with Crippen molar-refractivity contribution >= 4 is 21.4 Å². The molecule has 5 nitrogen and oxygen atoms in total. The van der Waals surface area contributed by atoms with Crippen molar-refractivity contribution in [3.63, 3.8) is 0 Å². The minimum absolute atomic E-state index is 0.273. The standard InChI is InChI=1S/C17H20N2O3S/c1-14-3-2-4-17(13-14)23(20,21)18-15-5-7-16(8-6-15)19-9-11-22-12-10-19/h2-8,13,18H,9-12H2,1H3. The van der Waals surface area contributed by atoms with E-state index in [0.29, 0.717) is 5.69 Å². The molecule has 6 heteroatoms. The lowest BCUT2D eigenvalue weighted by molar-refractivity contribution is 0.122. The molecule has 23 heavy (non-hydrogen) atoms. The van der Waals surface area contributed by atoms with Gasteiger partial charge >= 0.3 is 0 Å². The number of nitrogens with zero attached hydrogens (tertiary/aromatic N) is 1. The number of nitrogens with one attached hydrogen (secondary N) is 1. The lowest BCUT2D eigenvalue weighted by atomic mass is 10.2. The van der Waals surface area contributed by atoms with Gasteiger partial charge in [0.1, 0.15) is 0 Å². The molecule has 1 heterocycles. The van der Waals surface area contributed by atoms with Crippen LogP contribution >= 0.6 is 0 Å². The van der Waals surface area contributed by atoms with Crippen LogP contribution in [0.15, 0.2) is 53.4 Å². The summed E-state index contributed by atoms with van der Waals surface area (Å²) in [5, 5.41) is 0. The Kier molecular flexibility index (Phi) is 4.54. The summed E-state index contributed by atoms with van der Waals surface area (Å²) < 4.78 is 32.8. The molecule has 1 N–H and O–H groups in total. The monoisotopic (exact) mass is 332 g/mol. The highest BCUT2D eigenvalue weighted by Gasteiger charge is 2.15. The molecule has 0 aromatic heterocycles. The number of hydrogen-bond acceptors (Lipinski definition) is 4. The normalized spacial score (nSPS) is 15.4. The highest BCUT2D eigenvalue weighted by Crippen LogP contribution is 2.21. The topological polar surface area (TPSA) is 58.6 Å². The van der Waals surface area contributed by atoms with Crippen molar-refractivity contribution in [1.82, 2.24) is 0 Å². The van der Waals surface area contributed by atoms with Crippen LogP contribution in [0.25, 0.3) is 0 Å². The molecular formula is C17H20N2O3S. The summed E-state index contributed by atoms with van der Waals surface area (Å²) in [5.41, 5.74) is 2.55. The van der Waals surface area contributed by atoms with Crippen molar-refractivity contribution < 1.29 is 13.2 Å². The van der Waals surface area contributed by atoms with Gasteiger partial charge in [0, 0.05) is 24.5 Å². The van der Waals surface area contributed by atoms with E-state index in [1.165, 1.54) is 0 Å². The van der Waals surface area contributed by atoms with Gasteiger partial charge in [0.2, 0.25) is 0 Å². The van der Waals surface area contributed by atoms with Crippen LogP contribution in [0.5, 0.6) is 0 Å². The number of rotatable bonds is 4. The number of benzene rings is 2. The average molecular weight is 332 g/mol. The zero-order valence-electron chi connectivity index (χ0n) is 13.0. The fourth-order valence-corrected chi connectivity index (χ4v) is 3.72. The van der Waals surface area contributed by atoms with E-state index in [0.717, 1.165) is 37.6 Å². The molecule has 1 fully saturated rings. The number of sulfonamides is 1. The van der Waals surface area contributed by atoms with Gasteiger partial charge in [0.05, 0.1) is 18.1 Å². The van der Waals surface area contributed by atoms with Gasteiger partial charge in [0.25, 0.3) is 10.0 Å². The maximum absolute atomic E-state index is 12.4. The zero-order valence-corrected chi connectivity index (χ0v) is 13.8. The summed E-state index contributed by atoms with van der Waals surface area (Å²) in [6.45, 7) is 5.03. The molecule has 0 unspecified atom stereocenters. The quantitative estimate of drug-likeness (QED) is 0.935. The van der Waals surface area contributed by atoms with Gasteiger partial charge in [-0.15, -0.1) is 0 Å². The summed E-state index contributed by atoms with van der Waals surface area (Å²) in [6, 6.07) is 14.3. The van der Waals surface area contributed by atoms with Gasteiger partial charge in [-0.2, -0.15) is 0 Å². The number of anilines is 2. The molecule has 0 bridgehead atoms. The van der Waals surface area contributed by atoms with Crippen LogP contribution in [-0.4, -0.2) is 34.7 Å². The van der Waals surface area contributed by atoms with E-state index in [2.05, 4.69) is 9.62 Å². The van der Waals surface area contributed by atoms with Crippen molar-refractivity contribution in [3.8, 4) is 0 Å². The van der Waals surface area contributed by atoms with Crippen LogP contribution in [0, 0.1) is 6.92 Å². The number of morpholine rings is 1. The van der Waals surface area contributed by atoms with Crippen LogP contribution < -0.4 is 9.62 Å². The minimum Gasteiger partial charge on any atom is -0.378 e. The molecule has 0 saturated carbocycles. The minimum atomic E-state index is -3.56. The predicted molar refractivity (Wildman–Crippen MR) is 91.5 cm³/mol. The first-order chi connectivity index (χ1) is 11.0. The fourth-order valence-electron chi connectivity index (χ4n) is 2.56.